The van der Waals surface area contributed by atoms with Crippen LogP contribution in [-0.2, 0) is 9.53 Å². The van der Waals surface area contributed by atoms with Crippen LogP contribution in [0.3, 0.4) is 0 Å². The zero-order valence-corrected chi connectivity index (χ0v) is 11.2. The first-order chi connectivity index (χ1) is 9.51. The number of nitrogens with two attached hydrogens (primary N) is 1. The molecule has 6 heteroatoms. The van der Waals surface area contributed by atoms with E-state index >= 15 is 0 Å². The molecule has 0 saturated carbocycles. The molecule has 2 rings (SSSR count). The van der Waals surface area contributed by atoms with Crippen LogP contribution >= 0.6 is 0 Å². The summed E-state index contributed by atoms with van der Waals surface area (Å²) in [7, 11) is 0. The number of amides is 1. The Balaban J connectivity index is 1.97. The van der Waals surface area contributed by atoms with Crippen LogP contribution in [0.25, 0.3) is 0 Å². The Bertz CT molecular complexity index is 496. The molecule has 1 aliphatic heterocycles. The van der Waals surface area contributed by atoms with E-state index in [0.29, 0.717) is 13.0 Å². The van der Waals surface area contributed by atoms with E-state index < -0.39 is 23.8 Å². The highest BCUT2D eigenvalue weighted by atomic mass is 19.1. The van der Waals surface area contributed by atoms with Gasteiger partial charge in [-0.15, -0.1) is 0 Å². The number of rotatable bonds is 4. The molecule has 3 unspecified atom stereocenters. The zero-order chi connectivity index (χ0) is 14.7. The number of hydrogen-bond donors (Lipinski definition) is 2. The van der Waals surface area contributed by atoms with Crippen LogP contribution in [0.4, 0.5) is 8.78 Å². The Morgan fingerprint density at radius 2 is 2.25 bits per heavy atom. The van der Waals surface area contributed by atoms with Gasteiger partial charge in [0.15, 0.2) is 0 Å². The average Bonchev–Trinajstić information content (AvgIpc) is 2.87. The molecule has 0 radical (unpaired) electrons. The second-order valence-corrected chi connectivity index (χ2v) is 4.96. The van der Waals surface area contributed by atoms with Crippen molar-refractivity contribution in [3.8, 4) is 0 Å². The van der Waals surface area contributed by atoms with E-state index in [0.717, 1.165) is 18.6 Å². The molecule has 1 aromatic rings. The smallest absolute Gasteiger partial charge is 0.249 e. The fourth-order valence-electron chi connectivity index (χ4n) is 2.31. The van der Waals surface area contributed by atoms with Crippen molar-refractivity contribution in [3.63, 3.8) is 0 Å². The molecule has 1 aromatic carbocycles. The average molecular weight is 284 g/mol. The molecule has 20 heavy (non-hydrogen) atoms. The van der Waals surface area contributed by atoms with Crippen molar-refractivity contribution in [2.45, 2.75) is 38.0 Å². The third-order valence-electron chi connectivity index (χ3n) is 3.45. The summed E-state index contributed by atoms with van der Waals surface area (Å²) in [5.74, 6) is -1.61. The Labute approximate surface area is 116 Å². The van der Waals surface area contributed by atoms with Crippen molar-refractivity contribution in [1.82, 2.24) is 5.32 Å². The van der Waals surface area contributed by atoms with Crippen molar-refractivity contribution in [2.24, 2.45) is 5.73 Å². The van der Waals surface area contributed by atoms with Crippen molar-refractivity contribution in [3.05, 3.63) is 35.4 Å². The van der Waals surface area contributed by atoms with Gasteiger partial charge in [0, 0.05) is 18.2 Å². The SMILES string of the molecule is CC(NC(=O)C1CCC(CN)O1)c1ccc(F)cc1F. The van der Waals surface area contributed by atoms with Crippen molar-refractivity contribution >= 4 is 5.91 Å². The van der Waals surface area contributed by atoms with Crippen molar-refractivity contribution in [2.75, 3.05) is 6.54 Å². The highest BCUT2D eigenvalue weighted by Crippen LogP contribution is 2.21. The number of hydrogen-bond acceptors (Lipinski definition) is 3. The quantitative estimate of drug-likeness (QED) is 0.883. The van der Waals surface area contributed by atoms with E-state index in [2.05, 4.69) is 5.32 Å². The fraction of sp³-hybridized carbons (Fsp3) is 0.500. The van der Waals surface area contributed by atoms with E-state index in [1.165, 1.54) is 6.07 Å². The summed E-state index contributed by atoms with van der Waals surface area (Å²) in [5, 5.41) is 2.68. The predicted molar refractivity (Wildman–Crippen MR) is 69.9 cm³/mol. The summed E-state index contributed by atoms with van der Waals surface area (Å²) < 4.78 is 31.9. The van der Waals surface area contributed by atoms with Crippen LogP contribution < -0.4 is 11.1 Å². The largest absolute Gasteiger partial charge is 0.364 e. The lowest BCUT2D eigenvalue weighted by atomic mass is 10.1. The van der Waals surface area contributed by atoms with Crippen LogP contribution in [0.5, 0.6) is 0 Å². The molecule has 1 amide bonds. The first-order valence-corrected chi connectivity index (χ1v) is 6.62. The number of nitrogens with one attached hydrogen (secondary N) is 1. The predicted octanol–water partition coefficient (Wildman–Crippen LogP) is 1.65. The second-order valence-electron chi connectivity index (χ2n) is 4.96. The van der Waals surface area contributed by atoms with E-state index in [1.807, 2.05) is 0 Å². The fourth-order valence-corrected chi connectivity index (χ4v) is 2.31. The minimum absolute atomic E-state index is 0.0939. The van der Waals surface area contributed by atoms with Gasteiger partial charge >= 0.3 is 0 Å². The highest BCUT2D eigenvalue weighted by molar-refractivity contribution is 5.81. The van der Waals surface area contributed by atoms with Gasteiger partial charge in [-0.2, -0.15) is 0 Å². The summed E-state index contributed by atoms with van der Waals surface area (Å²) in [5.41, 5.74) is 5.72. The van der Waals surface area contributed by atoms with Gasteiger partial charge in [-0.05, 0) is 25.8 Å². The third-order valence-corrected chi connectivity index (χ3v) is 3.45. The molecular weight excluding hydrogens is 266 g/mol. The van der Waals surface area contributed by atoms with Gasteiger partial charge in [0.25, 0.3) is 0 Å². The van der Waals surface area contributed by atoms with Crippen molar-refractivity contribution in [1.29, 1.82) is 0 Å². The van der Waals surface area contributed by atoms with E-state index in [1.54, 1.807) is 6.92 Å². The standard InChI is InChI=1S/C14H18F2N2O2/c1-8(11-4-2-9(15)6-12(11)16)18-14(19)13-5-3-10(7-17)20-13/h2,4,6,8,10,13H,3,5,7,17H2,1H3,(H,18,19). The molecule has 3 N–H and O–H groups in total. The summed E-state index contributed by atoms with van der Waals surface area (Å²) in [6.45, 7) is 2.02. The molecule has 0 aliphatic carbocycles. The molecule has 4 nitrogen and oxygen atoms in total. The highest BCUT2D eigenvalue weighted by Gasteiger charge is 2.30. The Morgan fingerprint density at radius 1 is 1.50 bits per heavy atom. The maximum absolute atomic E-state index is 13.6. The molecule has 1 heterocycles. The Morgan fingerprint density at radius 3 is 2.85 bits per heavy atom. The topological polar surface area (TPSA) is 64.4 Å². The van der Waals surface area contributed by atoms with Crippen LogP contribution in [0.2, 0.25) is 0 Å². The summed E-state index contributed by atoms with van der Waals surface area (Å²) >= 11 is 0. The Hall–Kier alpha value is -1.53. The van der Waals surface area contributed by atoms with Gasteiger partial charge in [0.1, 0.15) is 17.7 Å². The van der Waals surface area contributed by atoms with Crippen LogP contribution in [0.1, 0.15) is 31.4 Å². The van der Waals surface area contributed by atoms with E-state index in [-0.39, 0.29) is 17.6 Å². The summed E-state index contributed by atoms with van der Waals surface area (Å²) in [6, 6.07) is 2.74. The van der Waals surface area contributed by atoms with Gasteiger partial charge in [-0.1, -0.05) is 6.07 Å². The number of carbonyl (C=O) groups is 1. The van der Waals surface area contributed by atoms with Gasteiger partial charge in [-0.25, -0.2) is 8.78 Å². The second kappa shape index (κ2) is 6.28. The number of halogens is 2. The lowest BCUT2D eigenvalue weighted by Crippen LogP contribution is -2.37. The number of ether oxygens (including phenoxy) is 1. The van der Waals surface area contributed by atoms with Crippen LogP contribution in [0, 0.1) is 11.6 Å². The van der Waals surface area contributed by atoms with E-state index in [4.69, 9.17) is 10.5 Å². The maximum Gasteiger partial charge on any atom is 0.249 e. The maximum atomic E-state index is 13.6. The van der Waals surface area contributed by atoms with E-state index in [9.17, 15) is 13.6 Å². The van der Waals surface area contributed by atoms with Gasteiger partial charge < -0.3 is 15.8 Å². The number of benzene rings is 1. The molecular formula is C14H18F2N2O2. The Kier molecular flexibility index (Phi) is 4.67. The van der Waals surface area contributed by atoms with Crippen molar-refractivity contribution < 1.29 is 18.3 Å². The van der Waals surface area contributed by atoms with Gasteiger partial charge in [0.05, 0.1) is 12.1 Å². The molecule has 1 aliphatic rings. The number of carbonyl (C=O) groups excluding carboxylic acids is 1. The molecule has 3 atom stereocenters. The minimum atomic E-state index is -0.676. The van der Waals surface area contributed by atoms with Crippen LogP contribution in [0.15, 0.2) is 18.2 Å². The van der Waals surface area contributed by atoms with Crippen LogP contribution in [-0.4, -0.2) is 24.7 Å². The summed E-state index contributed by atoms with van der Waals surface area (Å²) in [6.07, 6.45) is 0.707. The van der Waals surface area contributed by atoms with Gasteiger partial charge in [-0.3, -0.25) is 4.79 Å². The van der Waals surface area contributed by atoms with Gasteiger partial charge in [0.2, 0.25) is 5.91 Å². The molecule has 110 valence electrons. The molecule has 0 bridgehead atoms. The monoisotopic (exact) mass is 284 g/mol. The molecule has 1 saturated heterocycles. The lowest BCUT2D eigenvalue weighted by Gasteiger charge is -2.18. The molecule has 0 aromatic heterocycles. The lowest BCUT2D eigenvalue weighted by molar-refractivity contribution is -0.132. The minimum Gasteiger partial charge on any atom is -0.364 e. The molecule has 0 spiro atoms. The first kappa shape index (κ1) is 14.9. The first-order valence-electron chi connectivity index (χ1n) is 6.62. The third kappa shape index (κ3) is 3.32. The zero-order valence-electron chi connectivity index (χ0n) is 11.2. The summed E-state index contributed by atoms with van der Waals surface area (Å²) in [4.78, 5) is 12.0. The molecule has 1 fully saturated rings. The normalized spacial score (nSPS) is 23.6.